The summed E-state index contributed by atoms with van der Waals surface area (Å²) in [6.45, 7) is 0.711. The Kier molecular flexibility index (Phi) is 4.78. The molecular formula is C16H24N2O2. The monoisotopic (exact) mass is 276 g/mol. The fraction of sp³-hybridized carbons (Fsp3) is 0.562. The van der Waals surface area contributed by atoms with Crippen LogP contribution in [0, 0.1) is 0 Å². The summed E-state index contributed by atoms with van der Waals surface area (Å²) in [5.74, 6) is -0.689. The Balaban J connectivity index is 1.94. The standard InChI is InChI=1S/C16H24N2O2/c1-18(16(15(19)20)10-5-6-11-16)12-9-14(17)13-7-3-2-4-8-13/h2-4,7-8,14H,5-6,9-12,17H2,1H3,(H,19,20)/t14-/m0/s1. The molecule has 4 heteroatoms. The van der Waals surface area contributed by atoms with E-state index < -0.39 is 11.5 Å². The van der Waals surface area contributed by atoms with Crippen LogP contribution < -0.4 is 5.73 Å². The second-order valence-electron chi connectivity index (χ2n) is 5.77. The highest BCUT2D eigenvalue weighted by Crippen LogP contribution is 2.35. The van der Waals surface area contributed by atoms with Crippen LogP contribution in [0.3, 0.4) is 0 Å². The maximum absolute atomic E-state index is 11.6. The quantitative estimate of drug-likeness (QED) is 0.837. The van der Waals surface area contributed by atoms with Crippen LogP contribution in [-0.4, -0.2) is 35.1 Å². The first-order valence-electron chi connectivity index (χ1n) is 7.31. The van der Waals surface area contributed by atoms with Crippen LogP contribution in [0.5, 0.6) is 0 Å². The topological polar surface area (TPSA) is 66.6 Å². The Bertz CT molecular complexity index is 441. The molecule has 2 rings (SSSR count). The third-order valence-corrected chi connectivity index (χ3v) is 4.56. The number of rotatable bonds is 6. The van der Waals surface area contributed by atoms with Gasteiger partial charge in [-0.1, -0.05) is 43.2 Å². The lowest BCUT2D eigenvalue weighted by Crippen LogP contribution is -2.51. The summed E-state index contributed by atoms with van der Waals surface area (Å²) in [4.78, 5) is 13.6. The number of carboxylic acids is 1. The van der Waals surface area contributed by atoms with Crippen molar-refractivity contribution in [2.24, 2.45) is 5.73 Å². The van der Waals surface area contributed by atoms with E-state index >= 15 is 0 Å². The molecule has 1 atom stereocenters. The van der Waals surface area contributed by atoms with Crippen molar-refractivity contribution in [1.29, 1.82) is 0 Å². The molecule has 1 fully saturated rings. The molecule has 0 unspecified atom stereocenters. The summed E-state index contributed by atoms with van der Waals surface area (Å²) in [5.41, 5.74) is 6.62. The molecule has 1 aliphatic carbocycles. The predicted molar refractivity (Wildman–Crippen MR) is 79.5 cm³/mol. The minimum atomic E-state index is -0.689. The molecule has 110 valence electrons. The number of aliphatic carboxylic acids is 1. The Morgan fingerprint density at radius 2 is 1.95 bits per heavy atom. The van der Waals surface area contributed by atoms with Crippen LogP contribution in [0.1, 0.15) is 43.7 Å². The van der Waals surface area contributed by atoms with Crippen molar-refractivity contribution in [3.8, 4) is 0 Å². The zero-order chi connectivity index (χ0) is 14.6. The van der Waals surface area contributed by atoms with Gasteiger partial charge < -0.3 is 10.8 Å². The van der Waals surface area contributed by atoms with Gasteiger partial charge in [-0.15, -0.1) is 0 Å². The summed E-state index contributed by atoms with van der Waals surface area (Å²) in [7, 11) is 1.91. The fourth-order valence-electron chi connectivity index (χ4n) is 3.13. The average Bonchev–Trinajstić information content (AvgIpc) is 2.96. The molecule has 1 aromatic rings. The van der Waals surface area contributed by atoms with Gasteiger partial charge in [-0.05, 0) is 31.9 Å². The van der Waals surface area contributed by atoms with Crippen LogP contribution in [-0.2, 0) is 4.79 Å². The van der Waals surface area contributed by atoms with Crippen molar-refractivity contribution < 1.29 is 9.90 Å². The SMILES string of the molecule is CN(CC[C@H](N)c1ccccc1)C1(C(=O)O)CCCC1. The van der Waals surface area contributed by atoms with Crippen molar-refractivity contribution in [1.82, 2.24) is 4.90 Å². The number of nitrogens with zero attached hydrogens (tertiary/aromatic N) is 1. The van der Waals surface area contributed by atoms with E-state index in [0.29, 0.717) is 6.54 Å². The summed E-state index contributed by atoms with van der Waals surface area (Å²) < 4.78 is 0. The first-order valence-corrected chi connectivity index (χ1v) is 7.31. The number of hydrogen-bond acceptors (Lipinski definition) is 3. The molecule has 0 bridgehead atoms. The Morgan fingerprint density at radius 1 is 1.35 bits per heavy atom. The predicted octanol–water partition coefficient (Wildman–Crippen LogP) is 2.41. The molecule has 20 heavy (non-hydrogen) atoms. The molecule has 0 spiro atoms. The lowest BCUT2D eigenvalue weighted by molar-refractivity contribution is -0.150. The molecule has 0 amide bonds. The Hall–Kier alpha value is -1.39. The second kappa shape index (κ2) is 6.37. The van der Waals surface area contributed by atoms with Crippen LogP contribution >= 0.6 is 0 Å². The molecule has 0 heterocycles. The number of nitrogens with two attached hydrogens (primary N) is 1. The van der Waals surface area contributed by atoms with E-state index in [9.17, 15) is 9.90 Å². The number of likely N-dealkylation sites (N-methyl/N-ethyl adjacent to an activating group) is 1. The van der Waals surface area contributed by atoms with Gasteiger partial charge in [-0.3, -0.25) is 9.69 Å². The summed E-state index contributed by atoms with van der Waals surface area (Å²) >= 11 is 0. The maximum Gasteiger partial charge on any atom is 0.324 e. The smallest absolute Gasteiger partial charge is 0.324 e. The van der Waals surface area contributed by atoms with Gasteiger partial charge in [0.05, 0.1) is 0 Å². The van der Waals surface area contributed by atoms with Gasteiger partial charge in [-0.2, -0.15) is 0 Å². The molecule has 1 aromatic carbocycles. The molecular weight excluding hydrogens is 252 g/mol. The molecule has 1 aliphatic rings. The fourth-order valence-corrected chi connectivity index (χ4v) is 3.13. The van der Waals surface area contributed by atoms with E-state index in [4.69, 9.17) is 5.73 Å². The molecule has 0 radical (unpaired) electrons. The zero-order valence-corrected chi connectivity index (χ0v) is 12.1. The second-order valence-corrected chi connectivity index (χ2v) is 5.77. The highest BCUT2D eigenvalue weighted by Gasteiger charge is 2.44. The van der Waals surface area contributed by atoms with Gasteiger partial charge in [-0.25, -0.2) is 0 Å². The van der Waals surface area contributed by atoms with Gasteiger partial charge in [0.15, 0.2) is 0 Å². The van der Waals surface area contributed by atoms with Crippen LogP contribution in [0.2, 0.25) is 0 Å². The minimum absolute atomic E-state index is 0.0362. The minimum Gasteiger partial charge on any atom is -0.480 e. The van der Waals surface area contributed by atoms with Crippen LogP contribution in [0.25, 0.3) is 0 Å². The molecule has 0 aliphatic heterocycles. The van der Waals surface area contributed by atoms with Crippen molar-refractivity contribution in [2.45, 2.75) is 43.7 Å². The van der Waals surface area contributed by atoms with Crippen molar-refractivity contribution >= 4 is 5.97 Å². The van der Waals surface area contributed by atoms with Crippen molar-refractivity contribution in [3.63, 3.8) is 0 Å². The van der Waals surface area contributed by atoms with E-state index in [1.807, 2.05) is 42.3 Å². The van der Waals surface area contributed by atoms with E-state index in [1.165, 1.54) is 0 Å². The normalized spacial score (nSPS) is 19.1. The molecule has 3 N–H and O–H groups in total. The van der Waals surface area contributed by atoms with Gasteiger partial charge >= 0.3 is 5.97 Å². The van der Waals surface area contributed by atoms with Crippen LogP contribution in [0.15, 0.2) is 30.3 Å². The highest BCUT2D eigenvalue weighted by molar-refractivity contribution is 5.79. The largest absolute Gasteiger partial charge is 0.480 e. The summed E-state index contributed by atoms with van der Waals surface area (Å²) in [6.07, 6.45) is 4.27. The summed E-state index contributed by atoms with van der Waals surface area (Å²) in [6, 6.07) is 9.94. The summed E-state index contributed by atoms with van der Waals surface area (Å²) in [5, 5.41) is 9.54. The van der Waals surface area contributed by atoms with E-state index in [1.54, 1.807) is 0 Å². The van der Waals surface area contributed by atoms with Gasteiger partial charge in [0.25, 0.3) is 0 Å². The molecule has 0 saturated heterocycles. The lowest BCUT2D eigenvalue weighted by Gasteiger charge is -2.35. The first kappa shape index (κ1) is 15.0. The van der Waals surface area contributed by atoms with Gasteiger partial charge in [0.2, 0.25) is 0 Å². The first-order chi connectivity index (χ1) is 9.56. The number of carbonyl (C=O) groups is 1. The van der Waals surface area contributed by atoms with Crippen molar-refractivity contribution in [3.05, 3.63) is 35.9 Å². The average molecular weight is 276 g/mol. The molecule has 4 nitrogen and oxygen atoms in total. The molecule has 1 saturated carbocycles. The number of benzene rings is 1. The Labute approximate surface area is 120 Å². The third-order valence-electron chi connectivity index (χ3n) is 4.56. The third kappa shape index (κ3) is 3.02. The number of hydrogen-bond donors (Lipinski definition) is 2. The maximum atomic E-state index is 11.6. The zero-order valence-electron chi connectivity index (χ0n) is 12.1. The molecule has 0 aromatic heterocycles. The van der Waals surface area contributed by atoms with Crippen LogP contribution in [0.4, 0.5) is 0 Å². The van der Waals surface area contributed by atoms with E-state index in [2.05, 4.69) is 0 Å². The van der Waals surface area contributed by atoms with E-state index in [-0.39, 0.29) is 6.04 Å². The highest BCUT2D eigenvalue weighted by atomic mass is 16.4. The van der Waals surface area contributed by atoms with Gasteiger partial charge in [0, 0.05) is 12.6 Å². The van der Waals surface area contributed by atoms with Crippen molar-refractivity contribution in [2.75, 3.05) is 13.6 Å². The Morgan fingerprint density at radius 3 is 2.50 bits per heavy atom. The van der Waals surface area contributed by atoms with Gasteiger partial charge in [0.1, 0.15) is 5.54 Å². The number of carboxylic acid groups (broad SMARTS) is 1. The lowest BCUT2D eigenvalue weighted by atomic mass is 9.94. The van der Waals surface area contributed by atoms with E-state index in [0.717, 1.165) is 37.7 Å².